The molecule has 0 bridgehead atoms. The topological polar surface area (TPSA) is 30.7 Å². The third-order valence-corrected chi connectivity index (χ3v) is 4.36. The van der Waals surface area contributed by atoms with Gasteiger partial charge in [-0.1, -0.05) is 30.3 Å². The summed E-state index contributed by atoms with van der Waals surface area (Å²) in [7, 11) is 0. The van der Waals surface area contributed by atoms with Crippen molar-refractivity contribution in [2.75, 3.05) is 0 Å². The molecule has 108 valence electrons. The predicted octanol–water partition coefficient (Wildman–Crippen LogP) is 4.73. The smallest absolute Gasteiger partial charge is 0.0645 e. The molecule has 0 saturated carbocycles. The molecular weight excluding hydrogens is 282 g/mol. The van der Waals surface area contributed by atoms with E-state index in [1.54, 1.807) is 6.20 Å². The Morgan fingerprint density at radius 3 is 2.48 bits per heavy atom. The number of hydrogen-bond acceptors (Lipinski definition) is 2. The lowest BCUT2D eigenvalue weighted by Crippen LogP contribution is -1.94. The van der Waals surface area contributed by atoms with Crippen LogP contribution in [0.25, 0.3) is 38.3 Å². The summed E-state index contributed by atoms with van der Waals surface area (Å²) in [4.78, 5) is 8.64. The van der Waals surface area contributed by atoms with Crippen LogP contribution in [0, 0.1) is 0 Å². The van der Waals surface area contributed by atoms with Crippen molar-refractivity contribution < 1.29 is 0 Å². The van der Waals surface area contributed by atoms with Crippen molar-refractivity contribution >= 4 is 32.6 Å². The van der Waals surface area contributed by atoms with Crippen LogP contribution in [0.4, 0.5) is 0 Å². The van der Waals surface area contributed by atoms with E-state index in [1.165, 1.54) is 27.2 Å². The maximum atomic E-state index is 4.34. The molecule has 23 heavy (non-hydrogen) atoms. The molecule has 5 rings (SSSR count). The Morgan fingerprint density at radius 2 is 1.57 bits per heavy atom. The van der Waals surface area contributed by atoms with Gasteiger partial charge in [0, 0.05) is 34.7 Å². The monoisotopic (exact) mass is 295 g/mol. The Bertz CT molecular complexity index is 1160. The highest BCUT2D eigenvalue weighted by molar-refractivity contribution is 6.18. The number of nitrogens with zero attached hydrogens (tertiary/aromatic N) is 3. The number of benzene rings is 2. The van der Waals surface area contributed by atoms with E-state index in [0.717, 1.165) is 11.1 Å². The summed E-state index contributed by atoms with van der Waals surface area (Å²) in [6, 6.07) is 19.0. The Balaban J connectivity index is 2.10. The molecule has 0 atom stereocenters. The molecule has 2 aromatic carbocycles. The van der Waals surface area contributed by atoms with Crippen LogP contribution in [0.2, 0.25) is 0 Å². The zero-order valence-electron chi connectivity index (χ0n) is 12.3. The van der Waals surface area contributed by atoms with Gasteiger partial charge in [-0.05, 0) is 29.7 Å². The van der Waals surface area contributed by atoms with Crippen LogP contribution in [0.5, 0.6) is 0 Å². The van der Waals surface area contributed by atoms with E-state index in [9.17, 15) is 0 Å². The second kappa shape index (κ2) is 4.65. The summed E-state index contributed by atoms with van der Waals surface area (Å²) in [6.45, 7) is 0. The van der Waals surface area contributed by atoms with Gasteiger partial charge in [0.05, 0.1) is 22.9 Å². The highest BCUT2D eigenvalue weighted by atomic mass is 15.0. The van der Waals surface area contributed by atoms with Gasteiger partial charge in [-0.3, -0.25) is 9.97 Å². The molecule has 0 spiro atoms. The van der Waals surface area contributed by atoms with Gasteiger partial charge in [-0.2, -0.15) is 0 Å². The molecule has 0 radical (unpaired) electrons. The van der Waals surface area contributed by atoms with Crippen molar-refractivity contribution in [2.45, 2.75) is 0 Å². The van der Waals surface area contributed by atoms with E-state index in [0.29, 0.717) is 0 Å². The van der Waals surface area contributed by atoms with Gasteiger partial charge in [0.1, 0.15) is 0 Å². The predicted molar refractivity (Wildman–Crippen MR) is 93.9 cm³/mol. The molecule has 0 N–H and O–H groups in total. The van der Waals surface area contributed by atoms with Crippen LogP contribution in [0.15, 0.2) is 79.4 Å². The molecule has 5 aromatic rings. The van der Waals surface area contributed by atoms with Crippen LogP contribution in [-0.2, 0) is 0 Å². The number of rotatable bonds is 1. The third-order valence-electron chi connectivity index (χ3n) is 4.36. The number of aromatic nitrogens is 3. The highest BCUT2D eigenvalue weighted by Gasteiger charge is 2.14. The van der Waals surface area contributed by atoms with E-state index in [2.05, 4.69) is 63.1 Å². The fourth-order valence-electron chi connectivity index (χ4n) is 3.37. The average Bonchev–Trinajstić information content (AvgIpc) is 2.97. The molecule has 3 nitrogen and oxygen atoms in total. The maximum absolute atomic E-state index is 4.34. The minimum Gasteiger partial charge on any atom is -0.307 e. The molecule has 0 aliphatic carbocycles. The lowest BCUT2D eigenvalue weighted by molar-refractivity contribution is 1.14. The summed E-state index contributed by atoms with van der Waals surface area (Å²) in [5.74, 6) is 0. The molecular formula is C20H13N3. The van der Waals surface area contributed by atoms with Crippen molar-refractivity contribution in [1.82, 2.24) is 14.5 Å². The summed E-state index contributed by atoms with van der Waals surface area (Å²) in [5.41, 5.74) is 3.44. The van der Waals surface area contributed by atoms with Gasteiger partial charge < -0.3 is 4.57 Å². The SMILES string of the molecule is c1cncc(-n2c3ccccc3c3ccc4ccncc4c32)c1. The van der Waals surface area contributed by atoms with Gasteiger partial charge in [0.25, 0.3) is 0 Å². The lowest BCUT2D eigenvalue weighted by Gasteiger charge is -2.08. The second-order valence-corrected chi connectivity index (χ2v) is 5.62. The van der Waals surface area contributed by atoms with Crippen LogP contribution in [0.3, 0.4) is 0 Å². The summed E-state index contributed by atoms with van der Waals surface area (Å²) in [5, 5.41) is 4.84. The molecule has 0 fully saturated rings. The Labute approximate surface area is 132 Å². The van der Waals surface area contributed by atoms with Crippen LogP contribution >= 0.6 is 0 Å². The van der Waals surface area contributed by atoms with E-state index < -0.39 is 0 Å². The summed E-state index contributed by atoms with van der Waals surface area (Å²) in [6.07, 6.45) is 7.49. The normalized spacial score (nSPS) is 11.5. The quantitative estimate of drug-likeness (QED) is 0.448. The molecule has 3 aromatic heterocycles. The van der Waals surface area contributed by atoms with Crippen LogP contribution < -0.4 is 0 Å². The van der Waals surface area contributed by atoms with Gasteiger partial charge in [-0.25, -0.2) is 0 Å². The first kappa shape index (κ1) is 12.4. The number of pyridine rings is 2. The lowest BCUT2D eigenvalue weighted by atomic mass is 10.1. The fourth-order valence-corrected chi connectivity index (χ4v) is 3.37. The molecule has 0 unspecified atom stereocenters. The average molecular weight is 295 g/mol. The first-order chi connectivity index (χ1) is 11.4. The fraction of sp³-hybridized carbons (Fsp3) is 0. The zero-order valence-corrected chi connectivity index (χ0v) is 12.3. The standard InChI is InChI=1S/C20H13N3/c1-2-6-19-16(5-1)17-8-7-14-9-11-22-13-18(14)20(17)23(19)15-4-3-10-21-12-15/h1-13H. The highest BCUT2D eigenvalue weighted by Crippen LogP contribution is 2.35. The van der Waals surface area contributed by atoms with Crippen molar-refractivity contribution in [3.05, 3.63) is 79.4 Å². The first-order valence-corrected chi connectivity index (χ1v) is 7.60. The minimum absolute atomic E-state index is 1.06. The van der Waals surface area contributed by atoms with Crippen LogP contribution in [-0.4, -0.2) is 14.5 Å². The number of fused-ring (bicyclic) bond motifs is 5. The zero-order chi connectivity index (χ0) is 15.2. The van der Waals surface area contributed by atoms with Crippen molar-refractivity contribution in [3.63, 3.8) is 0 Å². The Morgan fingerprint density at radius 1 is 0.652 bits per heavy atom. The van der Waals surface area contributed by atoms with Crippen molar-refractivity contribution in [2.24, 2.45) is 0 Å². The van der Waals surface area contributed by atoms with Gasteiger partial charge in [-0.15, -0.1) is 0 Å². The summed E-state index contributed by atoms with van der Waals surface area (Å²) >= 11 is 0. The summed E-state index contributed by atoms with van der Waals surface area (Å²) < 4.78 is 2.28. The Kier molecular flexibility index (Phi) is 2.50. The van der Waals surface area contributed by atoms with Gasteiger partial charge >= 0.3 is 0 Å². The van der Waals surface area contributed by atoms with E-state index in [-0.39, 0.29) is 0 Å². The largest absolute Gasteiger partial charge is 0.307 e. The minimum atomic E-state index is 1.06. The van der Waals surface area contributed by atoms with Crippen molar-refractivity contribution in [1.29, 1.82) is 0 Å². The molecule has 3 heteroatoms. The molecule has 0 aliphatic heterocycles. The van der Waals surface area contributed by atoms with Gasteiger partial charge in [0.15, 0.2) is 0 Å². The first-order valence-electron chi connectivity index (χ1n) is 7.60. The maximum Gasteiger partial charge on any atom is 0.0645 e. The van der Waals surface area contributed by atoms with E-state index >= 15 is 0 Å². The van der Waals surface area contributed by atoms with E-state index in [4.69, 9.17) is 0 Å². The molecule has 0 saturated heterocycles. The Hall–Kier alpha value is -3.20. The molecule has 0 aliphatic rings. The number of para-hydroxylation sites is 1. The van der Waals surface area contributed by atoms with E-state index in [1.807, 2.05) is 24.7 Å². The second-order valence-electron chi connectivity index (χ2n) is 5.62. The van der Waals surface area contributed by atoms with Gasteiger partial charge in [0.2, 0.25) is 0 Å². The van der Waals surface area contributed by atoms with Crippen molar-refractivity contribution in [3.8, 4) is 5.69 Å². The molecule has 3 heterocycles. The third kappa shape index (κ3) is 1.70. The van der Waals surface area contributed by atoms with Crippen LogP contribution in [0.1, 0.15) is 0 Å². The number of hydrogen-bond donors (Lipinski definition) is 0. The molecule has 0 amide bonds.